The quantitative estimate of drug-likeness (QED) is 0.120. The summed E-state index contributed by atoms with van der Waals surface area (Å²) < 4.78 is 73.1. The van der Waals surface area contributed by atoms with Crippen LogP contribution in [0.15, 0.2) is 97.3 Å². The average molecular weight is 813 g/mol. The highest BCUT2D eigenvalue weighted by Gasteiger charge is 2.54. The lowest BCUT2D eigenvalue weighted by atomic mass is 10.0. The molecule has 6 bridgehead atoms. The van der Waals surface area contributed by atoms with Crippen LogP contribution in [-0.4, -0.2) is 82.6 Å². The van der Waals surface area contributed by atoms with Crippen LogP contribution in [0.2, 0.25) is 5.02 Å². The Balaban J connectivity index is 0.000000398. The van der Waals surface area contributed by atoms with E-state index in [2.05, 4.69) is 60.1 Å². The lowest BCUT2D eigenvalue weighted by Crippen LogP contribution is -2.50. The highest BCUT2D eigenvalue weighted by molar-refractivity contribution is 6.41. The van der Waals surface area contributed by atoms with Gasteiger partial charge in [-0.25, -0.2) is 14.8 Å². The maximum atomic E-state index is 12.8. The van der Waals surface area contributed by atoms with Crippen molar-refractivity contribution in [1.82, 2.24) is 19.9 Å². The molecule has 2 aliphatic heterocycles. The zero-order valence-electron chi connectivity index (χ0n) is 29.5. The van der Waals surface area contributed by atoms with Crippen LogP contribution in [0.3, 0.4) is 0 Å². The van der Waals surface area contributed by atoms with E-state index in [1.54, 1.807) is 6.20 Å². The molecule has 0 aliphatic carbocycles. The van der Waals surface area contributed by atoms with Gasteiger partial charge in [-0.2, -0.15) is 31.3 Å². The first-order chi connectivity index (χ1) is 27.1. The van der Waals surface area contributed by atoms with Gasteiger partial charge in [-0.3, -0.25) is 9.59 Å². The van der Waals surface area contributed by atoms with Crippen molar-refractivity contribution >= 4 is 63.8 Å². The van der Waals surface area contributed by atoms with Crippen molar-refractivity contribution in [3.05, 3.63) is 108 Å². The number of amides is 2. The molecule has 0 saturated carbocycles. The number of nitrogens with zero attached hydrogens (tertiary/aromatic N) is 5. The number of anilines is 6. The summed E-state index contributed by atoms with van der Waals surface area (Å²) in [6.07, 6.45) is -7.42. The maximum absolute atomic E-state index is 12.8. The summed E-state index contributed by atoms with van der Waals surface area (Å²) in [7, 11) is 0. The van der Waals surface area contributed by atoms with Crippen LogP contribution >= 0.6 is 11.6 Å². The number of halogens is 7. The summed E-state index contributed by atoms with van der Waals surface area (Å²) in [5.41, 5.74) is 5.63. The molecule has 3 N–H and O–H groups in total. The lowest BCUT2D eigenvalue weighted by Gasteiger charge is -2.35. The standard InChI is InChI=1S/C34H31ClN8O2.C4F6O2/c35-30-22-37-33-39-28-18-23(10-16-45-29-8-4-7-27(21-29)38-32(30)41-33)17-25(19-28)24-9-11-36-31(20-24)42-12-14-43(15-13-42)34(44)40-26-5-2-1-3-6-26;5-3(6,7)1(11)2(12)4(8,9)10/h1-9,11,17-22H,10,12-16H2,(H,40,44)(H2,37,38,39,41);. The molecule has 0 radical (unpaired) electrons. The second-order valence-corrected chi connectivity index (χ2v) is 12.9. The second-order valence-electron chi connectivity index (χ2n) is 12.5. The molecule has 7 rings (SSSR count). The van der Waals surface area contributed by atoms with E-state index >= 15 is 0 Å². The average Bonchev–Trinajstić information content (AvgIpc) is 3.18. The van der Waals surface area contributed by atoms with Crippen LogP contribution in [0, 0.1) is 0 Å². The summed E-state index contributed by atoms with van der Waals surface area (Å²) >= 11 is 6.42. The van der Waals surface area contributed by atoms with E-state index in [0.717, 1.165) is 45.3 Å². The van der Waals surface area contributed by atoms with Crippen LogP contribution in [0.25, 0.3) is 11.1 Å². The Kier molecular flexibility index (Phi) is 12.1. The van der Waals surface area contributed by atoms with Crippen LogP contribution in [0.1, 0.15) is 5.56 Å². The monoisotopic (exact) mass is 812 g/mol. The smallest absolute Gasteiger partial charge is 0.458 e. The number of rotatable bonds is 4. The molecular weight excluding hydrogens is 782 g/mol. The summed E-state index contributed by atoms with van der Waals surface area (Å²) in [6, 6.07) is 27.6. The normalized spacial score (nSPS) is 14.0. The zero-order valence-corrected chi connectivity index (χ0v) is 30.3. The number of benzene rings is 3. The van der Waals surface area contributed by atoms with Gasteiger partial charge in [0.2, 0.25) is 5.95 Å². The second kappa shape index (κ2) is 17.2. The van der Waals surface area contributed by atoms with E-state index in [1.807, 2.05) is 71.8 Å². The fourth-order valence-electron chi connectivity index (χ4n) is 5.70. The van der Waals surface area contributed by atoms with Gasteiger partial charge >= 0.3 is 30.0 Å². The number of pyridine rings is 1. The third-order valence-electron chi connectivity index (χ3n) is 8.47. The van der Waals surface area contributed by atoms with E-state index < -0.39 is 23.9 Å². The van der Waals surface area contributed by atoms with Crippen molar-refractivity contribution in [3.8, 4) is 16.9 Å². The van der Waals surface area contributed by atoms with Gasteiger partial charge in [0.05, 0.1) is 12.8 Å². The number of hydrogen-bond donors (Lipinski definition) is 3. The van der Waals surface area contributed by atoms with E-state index in [0.29, 0.717) is 56.0 Å². The summed E-state index contributed by atoms with van der Waals surface area (Å²) in [4.78, 5) is 49.8. The van der Waals surface area contributed by atoms with E-state index in [9.17, 15) is 40.7 Å². The molecule has 3 aromatic carbocycles. The zero-order chi connectivity index (χ0) is 40.7. The summed E-state index contributed by atoms with van der Waals surface area (Å²) in [5, 5.41) is 10.0. The van der Waals surface area contributed by atoms with Gasteiger partial charge in [0.15, 0.2) is 5.82 Å². The Bertz CT molecular complexity index is 2230. The minimum atomic E-state index is -5.77. The number of carbonyl (C=O) groups is 3. The SMILES string of the molecule is O=C(C(=O)C(F)(F)F)C(F)(F)F.O=C(Nc1ccccc1)N1CCN(c2cc(-c3cc4cc(c3)Nc3ncc(Cl)c(n3)Nc3cccc(c3)OCC4)ccn2)CC1. The van der Waals surface area contributed by atoms with Crippen LogP contribution < -0.4 is 25.6 Å². The molecule has 4 heterocycles. The Morgan fingerprint density at radius 2 is 1.47 bits per heavy atom. The van der Waals surface area contributed by atoms with Crippen LogP contribution in [-0.2, 0) is 16.0 Å². The van der Waals surface area contributed by atoms with Crippen molar-refractivity contribution in [2.45, 2.75) is 18.8 Å². The van der Waals surface area contributed by atoms with Crippen LogP contribution in [0.5, 0.6) is 5.75 Å². The third-order valence-corrected chi connectivity index (χ3v) is 8.74. The third kappa shape index (κ3) is 10.7. The van der Waals surface area contributed by atoms with Gasteiger partial charge in [-0.15, -0.1) is 0 Å². The number of urea groups is 1. The Labute approximate surface area is 325 Å². The molecule has 19 heteroatoms. The molecule has 5 aromatic rings. The molecule has 0 unspecified atom stereocenters. The Hall–Kier alpha value is -6.43. The first-order valence-corrected chi connectivity index (χ1v) is 17.5. The molecule has 1 saturated heterocycles. The van der Waals surface area contributed by atoms with Crippen molar-refractivity contribution in [1.29, 1.82) is 0 Å². The number of nitrogens with one attached hydrogen (secondary N) is 3. The maximum Gasteiger partial charge on any atom is 0.458 e. The number of para-hydroxylation sites is 1. The molecule has 1 fully saturated rings. The van der Waals surface area contributed by atoms with Crippen molar-refractivity contribution in [2.24, 2.45) is 0 Å². The van der Waals surface area contributed by atoms with Gasteiger partial charge in [0, 0.05) is 61.9 Å². The number of aromatic nitrogens is 3. The number of alkyl halides is 6. The highest BCUT2D eigenvalue weighted by Crippen LogP contribution is 2.32. The molecule has 2 amide bonds. The molecule has 296 valence electrons. The van der Waals surface area contributed by atoms with Gasteiger partial charge in [-0.05, 0) is 65.2 Å². The van der Waals surface area contributed by atoms with Crippen molar-refractivity contribution < 1.29 is 45.5 Å². The van der Waals surface area contributed by atoms with Gasteiger partial charge in [0.1, 0.15) is 16.6 Å². The number of ether oxygens (including phenoxy) is 1. The minimum Gasteiger partial charge on any atom is -0.493 e. The number of ketones is 2. The molecule has 0 spiro atoms. The highest BCUT2D eigenvalue weighted by atomic mass is 35.5. The van der Waals surface area contributed by atoms with Gasteiger partial charge < -0.3 is 30.5 Å². The van der Waals surface area contributed by atoms with E-state index in [1.165, 1.54) is 0 Å². The van der Waals surface area contributed by atoms with Crippen molar-refractivity contribution in [2.75, 3.05) is 53.6 Å². The fourth-order valence-corrected chi connectivity index (χ4v) is 5.84. The van der Waals surface area contributed by atoms with Gasteiger partial charge in [0.25, 0.3) is 0 Å². The molecule has 57 heavy (non-hydrogen) atoms. The topological polar surface area (TPSA) is 142 Å². The number of Topliss-reactive ketones (excluding diaryl/α,β-unsaturated/α-hetero) is 2. The van der Waals surface area contributed by atoms with Crippen molar-refractivity contribution in [3.63, 3.8) is 0 Å². The number of carbonyl (C=O) groups excluding carboxylic acids is 3. The summed E-state index contributed by atoms with van der Waals surface area (Å²) in [5.74, 6) is -4.26. The fraction of sp³-hybridized carbons (Fsp3) is 0.211. The molecule has 2 aliphatic rings. The number of fused-ring (bicyclic) bond motifs is 6. The molecule has 0 atom stereocenters. The Morgan fingerprint density at radius 1 is 0.754 bits per heavy atom. The van der Waals surface area contributed by atoms with Gasteiger partial charge in [-0.1, -0.05) is 41.9 Å². The molecule has 12 nitrogen and oxygen atoms in total. The first-order valence-electron chi connectivity index (χ1n) is 17.1. The lowest BCUT2D eigenvalue weighted by molar-refractivity contribution is -0.193. The van der Waals surface area contributed by atoms with E-state index in [-0.39, 0.29) is 6.03 Å². The first kappa shape index (κ1) is 40.2. The molecular formula is C38H31ClF6N8O4. The minimum absolute atomic E-state index is 0.0883. The Morgan fingerprint density at radius 3 is 2.18 bits per heavy atom. The predicted molar refractivity (Wildman–Crippen MR) is 200 cm³/mol. The van der Waals surface area contributed by atoms with Crippen LogP contribution in [0.4, 0.5) is 65.8 Å². The largest absolute Gasteiger partial charge is 0.493 e. The van der Waals surface area contributed by atoms with E-state index in [4.69, 9.17) is 16.3 Å². The molecule has 2 aromatic heterocycles. The number of hydrogen-bond acceptors (Lipinski definition) is 10. The number of piperazine rings is 1. The summed E-state index contributed by atoms with van der Waals surface area (Å²) in [6.45, 7) is 3.10. The predicted octanol–water partition coefficient (Wildman–Crippen LogP) is 8.22.